The van der Waals surface area contributed by atoms with Crippen LogP contribution in [0.4, 0.5) is 14.9 Å². The van der Waals surface area contributed by atoms with Gasteiger partial charge in [-0.3, -0.25) is 9.59 Å². The van der Waals surface area contributed by atoms with Crippen LogP contribution in [0, 0.1) is 5.82 Å². The topological polar surface area (TPSA) is 108 Å². The van der Waals surface area contributed by atoms with Crippen molar-refractivity contribution in [1.29, 1.82) is 0 Å². The van der Waals surface area contributed by atoms with Gasteiger partial charge in [-0.25, -0.2) is 14.3 Å². The van der Waals surface area contributed by atoms with Crippen LogP contribution in [-0.2, 0) is 17.6 Å². The number of ether oxygens (including phenoxy) is 1. The molecule has 2 amide bonds. The second-order valence-electron chi connectivity index (χ2n) is 11.2. The lowest BCUT2D eigenvalue weighted by Gasteiger charge is -2.42. The number of anilines is 1. The van der Waals surface area contributed by atoms with Gasteiger partial charge in [-0.2, -0.15) is 5.10 Å². The van der Waals surface area contributed by atoms with Gasteiger partial charge in [0.2, 0.25) is 0 Å². The Labute approximate surface area is 232 Å². The molecule has 1 fully saturated rings. The van der Waals surface area contributed by atoms with E-state index in [4.69, 9.17) is 4.74 Å². The number of amides is 2. The summed E-state index contributed by atoms with van der Waals surface area (Å²) in [6, 6.07) is 13.4. The average Bonchev–Trinajstić information content (AvgIpc) is 2.94. The Kier molecular flexibility index (Phi) is 7.60. The summed E-state index contributed by atoms with van der Waals surface area (Å²) in [5, 5.41) is 10.1. The van der Waals surface area contributed by atoms with Gasteiger partial charge in [-0.1, -0.05) is 36.4 Å². The molecule has 1 saturated heterocycles. The zero-order chi connectivity index (χ0) is 28.4. The Bertz CT molecular complexity index is 1470. The molecule has 5 rings (SSSR count). The molecule has 0 spiro atoms. The van der Waals surface area contributed by atoms with Crippen molar-refractivity contribution >= 4 is 17.7 Å². The highest BCUT2D eigenvalue weighted by molar-refractivity contribution is 5.95. The van der Waals surface area contributed by atoms with Gasteiger partial charge in [0.25, 0.3) is 11.5 Å². The Hall–Kier alpha value is -4.21. The zero-order valence-corrected chi connectivity index (χ0v) is 23.0. The van der Waals surface area contributed by atoms with E-state index in [2.05, 4.69) is 15.5 Å². The van der Waals surface area contributed by atoms with Crippen LogP contribution in [0.5, 0.6) is 0 Å². The van der Waals surface area contributed by atoms with E-state index in [9.17, 15) is 14.4 Å². The minimum absolute atomic E-state index is 0.0459. The van der Waals surface area contributed by atoms with Crippen LogP contribution in [0.3, 0.4) is 0 Å². The summed E-state index contributed by atoms with van der Waals surface area (Å²) in [5.41, 5.74) is 2.67. The van der Waals surface area contributed by atoms with Crippen LogP contribution in [0.1, 0.15) is 66.0 Å². The van der Waals surface area contributed by atoms with Crippen LogP contribution in [0.2, 0.25) is 0 Å². The first-order chi connectivity index (χ1) is 19.1. The number of piperazine rings is 1. The van der Waals surface area contributed by atoms with E-state index in [1.165, 1.54) is 6.07 Å². The normalized spacial score (nSPS) is 17.1. The lowest BCUT2D eigenvalue weighted by atomic mass is 9.98. The summed E-state index contributed by atoms with van der Waals surface area (Å²) < 4.78 is 20.7. The lowest BCUT2D eigenvalue weighted by molar-refractivity contribution is 0.00397. The molecule has 0 unspecified atom stereocenters. The third-order valence-electron chi connectivity index (χ3n) is 7.17. The molecular weight excluding hydrogens is 513 g/mol. The van der Waals surface area contributed by atoms with E-state index in [1.807, 2.05) is 51.1 Å². The Morgan fingerprint density at radius 2 is 1.90 bits per heavy atom. The number of aromatic amines is 1. The van der Waals surface area contributed by atoms with Crippen LogP contribution in [-0.4, -0.2) is 63.8 Å². The average molecular weight is 548 g/mol. The summed E-state index contributed by atoms with van der Waals surface area (Å²) in [5.74, 6) is -1.07. The fourth-order valence-corrected chi connectivity index (χ4v) is 5.26. The second-order valence-corrected chi connectivity index (χ2v) is 11.2. The minimum atomic E-state index is -0.648. The molecule has 9 nitrogen and oxygen atoms in total. The van der Waals surface area contributed by atoms with Gasteiger partial charge in [-0.05, 0) is 56.9 Å². The fourth-order valence-electron chi connectivity index (χ4n) is 5.26. The molecule has 0 aliphatic carbocycles. The van der Waals surface area contributed by atoms with Gasteiger partial charge in [-0.15, -0.1) is 0 Å². The second kappa shape index (κ2) is 11.1. The Morgan fingerprint density at radius 3 is 2.65 bits per heavy atom. The van der Waals surface area contributed by atoms with Crippen LogP contribution in [0.15, 0.2) is 53.3 Å². The number of H-pyrrole nitrogens is 1. The number of aromatic nitrogens is 2. The van der Waals surface area contributed by atoms with Crippen molar-refractivity contribution in [3.63, 3.8) is 0 Å². The molecule has 1 atom stereocenters. The zero-order valence-electron chi connectivity index (χ0n) is 23.0. The van der Waals surface area contributed by atoms with E-state index < -0.39 is 29.5 Å². The number of hydrogen-bond acceptors (Lipinski definition) is 6. The van der Waals surface area contributed by atoms with Crippen molar-refractivity contribution in [3.05, 3.63) is 92.6 Å². The molecule has 2 aliphatic rings. The Balaban J connectivity index is 1.42. The van der Waals surface area contributed by atoms with Crippen LogP contribution in [0.25, 0.3) is 0 Å². The summed E-state index contributed by atoms with van der Waals surface area (Å²) >= 11 is 0. The molecule has 40 heavy (non-hydrogen) atoms. The SMILES string of the molecule is CC(C)(C)OC(=O)N1CCN(C(=O)c2cc(Cc3n[nH]c(=O)c4c3NCCC4)ccc2F)[C@H](c2ccccc2)C1. The minimum Gasteiger partial charge on any atom is -0.444 e. The van der Waals surface area contributed by atoms with Crippen molar-refractivity contribution in [2.45, 2.75) is 51.7 Å². The maximum Gasteiger partial charge on any atom is 0.410 e. The van der Waals surface area contributed by atoms with Crippen molar-refractivity contribution in [1.82, 2.24) is 20.0 Å². The largest absolute Gasteiger partial charge is 0.444 e. The number of nitrogens with one attached hydrogen (secondary N) is 2. The van der Waals surface area contributed by atoms with Gasteiger partial charge >= 0.3 is 6.09 Å². The molecule has 10 heteroatoms. The number of benzene rings is 2. The monoisotopic (exact) mass is 547 g/mol. The maximum absolute atomic E-state index is 15.2. The highest BCUT2D eigenvalue weighted by Crippen LogP contribution is 2.30. The number of rotatable bonds is 4. The molecule has 3 aromatic rings. The molecule has 2 aromatic carbocycles. The number of carbonyl (C=O) groups is 2. The van der Waals surface area contributed by atoms with Gasteiger partial charge in [0.15, 0.2) is 0 Å². The summed E-state index contributed by atoms with van der Waals surface area (Å²) in [4.78, 5) is 42.1. The maximum atomic E-state index is 15.2. The molecule has 0 bridgehead atoms. The molecule has 0 radical (unpaired) electrons. The smallest absolute Gasteiger partial charge is 0.410 e. The number of fused-ring (bicyclic) bond motifs is 1. The summed E-state index contributed by atoms with van der Waals surface area (Å²) in [6.45, 7) is 6.89. The van der Waals surface area contributed by atoms with E-state index in [0.717, 1.165) is 24.2 Å². The molecular formula is C30H34FN5O4. The highest BCUT2D eigenvalue weighted by atomic mass is 19.1. The molecule has 2 N–H and O–H groups in total. The predicted octanol–water partition coefficient (Wildman–Crippen LogP) is 4.29. The van der Waals surface area contributed by atoms with E-state index in [-0.39, 0.29) is 30.8 Å². The number of carbonyl (C=O) groups excluding carboxylic acids is 2. The summed E-state index contributed by atoms with van der Waals surface area (Å²) in [7, 11) is 0. The van der Waals surface area contributed by atoms with Crippen molar-refractivity contribution in [3.8, 4) is 0 Å². The van der Waals surface area contributed by atoms with E-state index in [0.29, 0.717) is 29.7 Å². The number of nitrogens with zero attached hydrogens (tertiary/aromatic N) is 3. The molecule has 0 saturated carbocycles. The Morgan fingerprint density at radius 1 is 1.12 bits per heavy atom. The third kappa shape index (κ3) is 5.85. The predicted molar refractivity (Wildman–Crippen MR) is 149 cm³/mol. The molecule has 1 aromatic heterocycles. The van der Waals surface area contributed by atoms with Crippen LogP contribution >= 0.6 is 0 Å². The third-order valence-corrected chi connectivity index (χ3v) is 7.17. The van der Waals surface area contributed by atoms with Crippen molar-refractivity contribution < 1.29 is 18.7 Å². The van der Waals surface area contributed by atoms with Crippen molar-refractivity contribution in [2.24, 2.45) is 0 Å². The van der Waals surface area contributed by atoms with E-state index >= 15 is 4.39 Å². The van der Waals surface area contributed by atoms with Gasteiger partial charge < -0.3 is 19.9 Å². The summed E-state index contributed by atoms with van der Waals surface area (Å²) in [6.07, 6.45) is 1.40. The molecule has 210 valence electrons. The van der Waals surface area contributed by atoms with Crippen LogP contribution < -0.4 is 10.9 Å². The number of hydrogen-bond donors (Lipinski definition) is 2. The first-order valence-corrected chi connectivity index (χ1v) is 13.6. The lowest BCUT2D eigenvalue weighted by Crippen LogP contribution is -2.53. The molecule has 3 heterocycles. The first kappa shape index (κ1) is 27.4. The number of halogens is 1. The highest BCUT2D eigenvalue weighted by Gasteiger charge is 2.36. The van der Waals surface area contributed by atoms with Gasteiger partial charge in [0, 0.05) is 38.2 Å². The molecule has 2 aliphatic heterocycles. The van der Waals surface area contributed by atoms with E-state index in [1.54, 1.807) is 21.9 Å². The van der Waals surface area contributed by atoms with Gasteiger partial charge in [0.1, 0.15) is 11.4 Å². The quantitative estimate of drug-likeness (QED) is 0.505. The van der Waals surface area contributed by atoms with Crippen molar-refractivity contribution in [2.75, 3.05) is 31.5 Å². The van der Waals surface area contributed by atoms with Gasteiger partial charge in [0.05, 0.1) is 23.0 Å². The first-order valence-electron chi connectivity index (χ1n) is 13.6. The fraction of sp³-hybridized carbons (Fsp3) is 0.400. The standard InChI is InChI=1S/C30H34FN5O4/c1-30(2,3)40-29(39)35-14-15-36(25(18-35)20-8-5-4-6-9-20)28(38)22-16-19(11-12-23(22)31)17-24-26-21(10-7-13-32-26)27(37)34-33-24/h4-6,8-9,11-12,16,25,32H,7,10,13-15,17-18H2,1-3H3,(H,34,37)/t25-/m0/s1.